The van der Waals surface area contributed by atoms with Crippen LogP contribution in [0.4, 0.5) is 23.2 Å². The van der Waals surface area contributed by atoms with Crippen molar-refractivity contribution in [2.24, 2.45) is 0 Å². The van der Waals surface area contributed by atoms with E-state index in [1.54, 1.807) is 37.3 Å². The van der Waals surface area contributed by atoms with Crippen LogP contribution in [0.2, 0.25) is 0 Å². The lowest BCUT2D eigenvalue weighted by Gasteiger charge is -2.27. The number of alkyl halides is 3. The van der Waals surface area contributed by atoms with Crippen molar-refractivity contribution in [1.82, 2.24) is 4.90 Å². The van der Waals surface area contributed by atoms with Crippen LogP contribution in [0.3, 0.4) is 0 Å². The normalized spacial score (nSPS) is 11.2. The third-order valence-corrected chi connectivity index (χ3v) is 3.97. The van der Waals surface area contributed by atoms with Crippen LogP contribution >= 0.6 is 12.2 Å². The van der Waals surface area contributed by atoms with E-state index in [4.69, 9.17) is 17.0 Å². The molecule has 3 nitrogen and oxygen atoms in total. The summed E-state index contributed by atoms with van der Waals surface area (Å²) in [5.74, 6) is 0.141. The fourth-order valence-corrected chi connectivity index (χ4v) is 2.49. The number of aryl methyl sites for hydroxylation is 1. The molecule has 0 spiro atoms. The van der Waals surface area contributed by atoms with E-state index >= 15 is 0 Å². The van der Waals surface area contributed by atoms with E-state index in [2.05, 4.69) is 5.32 Å². The van der Waals surface area contributed by atoms with Crippen LogP contribution in [-0.2, 0) is 6.54 Å². The van der Waals surface area contributed by atoms with E-state index in [-0.39, 0.29) is 11.7 Å². The van der Waals surface area contributed by atoms with E-state index in [1.807, 2.05) is 0 Å². The number of rotatable bonds is 5. The molecule has 0 aliphatic rings. The molecule has 0 radical (unpaired) electrons. The van der Waals surface area contributed by atoms with Gasteiger partial charge in [-0.15, -0.1) is 0 Å². The molecular formula is C18H18F4N2OS. The first kappa shape index (κ1) is 20.0. The minimum atomic E-state index is -4.43. The predicted octanol–water partition coefficient (Wildman–Crippen LogP) is 4.90. The van der Waals surface area contributed by atoms with E-state index in [0.717, 1.165) is 4.90 Å². The number of hydrogen-bond acceptors (Lipinski definition) is 2. The Morgan fingerprint density at radius 1 is 1.15 bits per heavy atom. The van der Waals surface area contributed by atoms with E-state index in [1.165, 1.54) is 19.2 Å². The summed E-state index contributed by atoms with van der Waals surface area (Å²) in [6.07, 6.45) is -4.43. The van der Waals surface area contributed by atoms with Crippen LogP contribution < -0.4 is 10.1 Å². The molecule has 0 saturated heterocycles. The summed E-state index contributed by atoms with van der Waals surface area (Å²) in [6, 6.07) is 10.9. The molecule has 140 valence electrons. The molecule has 2 rings (SSSR count). The Balaban J connectivity index is 2.16. The largest absolute Gasteiger partial charge is 0.497 e. The highest BCUT2D eigenvalue weighted by molar-refractivity contribution is 7.80. The molecule has 2 aromatic carbocycles. The zero-order valence-corrected chi connectivity index (χ0v) is 15.0. The summed E-state index contributed by atoms with van der Waals surface area (Å²) in [4.78, 5) is 0.981. The number of hydrogen-bond donors (Lipinski definition) is 1. The van der Waals surface area contributed by atoms with Crippen LogP contribution in [0.25, 0.3) is 0 Å². The van der Waals surface area contributed by atoms with Crippen molar-refractivity contribution in [2.45, 2.75) is 19.6 Å². The first-order valence-electron chi connectivity index (χ1n) is 7.69. The average Bonchev–Trinajstić information content (AvgIpc) is 2.57. The van der Waals surface area contributed by atoms with E-state index in [0.29, 0.717) is 22.6 Å². The van der Waals surface area contributed by atoms with Gasteiger partial charge in [-0.1, -0.05) is 18.2 Å². The summed E-state index contributed by atoms with van der Waals surface area (Å²) < 4.78 is 57.5. The van der Waals surface area contributed by atoms with Gasteiger partial charge in [0.25, 0.3) is 0 Å². The van der Waals surface area contributed by atoms with Crippen LogP contribution in [0.5, 0.6) is 5.75 Å². The van der Waals surface area contributed by atoms with Crippen molar-refractivity contribution in [3.05, 3.63) is 59.4 Å². The summed E-state index contributed by atoms with van der Waals surface area (Å²) in [5, 5.41) is 2.53. The van der Waals surface area contributed by atoms with E-state index < -0.39 is 18.5 Å². The lowest BCUT2D eigenvalue weighted by atomic mass is 10.2. The highest BCUT2D eigenvalue weighted by atomic mass is 32.1. The molecule has 0 heterocycles. The lowest BCUT2D eigenvalue weighted by Crippen LogP contribution is -2.40. The van der Waals surface area contributed by atoms with Gasteiger partial charge in [0.1, 0.15) is 18.1 Å². The fraction of sp³-hybridized carbons (Fsp3) is 0.278. The highest BCUT2D eigenvalue weighted by Crippen LogP contribution is 2.21. The van der Waals surface area contributed by atoms with Gasteiger partial charge < -0.3 is 15.0 Å². The third-order valence-electron chi connectivity index (χ3n) is 3.61. The Labute approximate surface area is 154 Å². The maximum absolute atomic E-state index is 13.6. The third kappa shape index (κ3) is 5.87. The molecule has 0 amide bonds. The number of methoxy groups -OCH3 is 1. The summed E-state index contributed by atoms with van der Waals surface area (Å²) in [7, 11) is 1.50. The molecular weight excluding hydrogens is 368 g/mol. The minimum Gasteiger partial charge on any atom is -0.497 e. The second kappa shape index (κ2) is 8.35. The first-order valence-corrected chi connectivity index (χ1v) is 8.10. The van der Waals surface area contributed by atoms with Gasteiger partial charge in [0.05, 0.1) is 7.11 Å². The number of thiocarbonyl (C=S) groups is 1. The average molecular weight is 386 g/mol. The van der Waals surface area contributed by atoms with Gasteiger partial charge in [0.2, 0.25) is 0 Å². The van der Waals surface area contributed by atoms with E-state index in [9.17, 15) is 17.6 Å². The van der Waals surface area contributed by atoms with Gasteiger partial charge in [-0.25, -0.2) is 4.39 Å². The number of ether oxygens (including phenoxy) is 1. The first-order chi connectivity index (χ1) is 12.2. The monoisotopic (exact) mass is 386 g/mol. The quantitative estimate of drug-likeness (QED) is 0.583. The molecule has 0 aliphatic heterocycles. The number of nitrogens with one attached hydrogen (secondary N) is 1. The zero-order valence-electron chi connectivity index (χ0n) is 14.2. The Morgan fingerprint density at radius 3 is 2.35 bits per heavy atom. The van der Waals surface area contributed by atoms with Gasteiger partial charge in [0, 0.05) is 12.2 Å². The second-order valence-corrected chi connectivity index (χ2v) is 6.10. The van der Waals surface area contributed by atoms with Crippen molar-refractivity contribution >= 4 is 23.0 Å². The standard InChI is InChI=1S/C18H18F4N2OS/c1-12-3-6-14(9-16(12)19)23-17(26)24(11-18(20,21)22)10-13-4-7-15(25-2)8-5-13/h3-9H,10-11H2,1-2H3,(H,23,26). The molecule has 0 atom stereocenters. The van der Waals surface area contributed by atoms with Crippen molar-refractivity contribution in [1.29, 1.82) is 0 Å². The summed E-state index contributed by atoms with van der Waals surface area (Å²) in [6.45, 7) is 0.319. The van der Waals surface area contributed by atoms with Crippen LogP contribution in [0.15, 0.2) is 42.5 Å². The molecule has 0 bridgehead atoms. The lowest BCUT2D eigenvalue weighted by molar-refractivity contribution is -0.138. The molecule has 0 saturated carbocycles. The smallest absolute Gasteiger partial charge is 0.406 e. The maximum Gasteiger partial charge on any atom is 0.406 e. The highest BCUT2D eigenvalue weighted by Gasteiger charge is 2.32. The van der Waals surface area contributed by atoms with Gasteiger partial charge in [-0.05, 0) is 54.5 Å². The van der Waals surface area contributed by atoms with Gasteiger partial charge in [-0.2, -0.15) is 13.2 Å². The SMILES string of the molecule is COc1ccc(CN(CC(F)(F)F)C(=S)Nc2ccc(C)c(F)c2)cc1. The van der Waals surface area contributed by atoms with Gasteiger partial charge >= 0.3 is 6.18 Å². The maximum atomic E-state index is 13.6. The van der Waals surface area contributed by atoms with Crippen LogP contribution in [-0.4, -0.2) is 29.8 Å². The second-order valence-electron chi connectivity index (χ2n) is 5.71. The molecule has 0 fully saturated rings. The molecule has 2 aromatic rings. The Morgan fingerprint density at radius 2 is 1.81 bits per heavy atom. The summed E-state index contributed by atoms with van der Waals surface area (Å²) >= 11 is 5.12. The Bertz CT molecular complexity index is 763. The number of halogens is 4. The predicted molar refractivity (Wildman–Crippen MR) is 96.8 cm³/mol. The number of benzene rings is 2. The molecule has 0 aromatic heterocycles. The molecule has 0 unspecified atom stereocenters. The van der Waals surface area contributed by atoms with Crippen molar-refractivity contribution in [2.75, 3.05) is 19.0 Å². The number of anilines is 1. The molecule has 1 N–H and O–H groups in total. The Kier molecular flexibility index (Phi) is 6.42. The van der Waals surface area contributed by atoms with Crippen molar-refractivity contribution < 1.29 is 22.3 Å². The minimum absolute atomic E-state index is 0.0519. The zero-order chi connectivity index (χ0) is 19.3. The topological polar surface area (TPSA) is 24.5 Å². The van der Waals surface area contributed by atoms with Crippen molar-refractivity contribution in [3.63, 3.8) is 0 Å². The fourth-order valence-electron chi connectivity index (χ4n) is 2.24. The van der Waals surface area contributed by atoms with Gasteiger partial charge in [-0.3, -0.25) is 0 Å². The van der Waals surface area contributed by atoms with Crippen molar-refractivity contribution in [3.8, 4) is 5.75 Å². The summed E-state index contributed by atoms with van der Waals surface area (Å²) in [5.41, 5.74) is 1.36. The number of nitrogens with zero attached hydrogens (tertiary/aromatic N) is 1. The molecule has 26 heavy (non-hydrogen) atoms. The molecule has 8 heteroatoms. The molecule has 0 aliphatic carbocycles. The van der Waals surface area contributed by atoms with Crippen LogP contribution in [0.1, 0.15) is 11.1 Å². The van der Waals surface area contributed by atoms with Gasteiger partial charge in [0.15, 0.2) is 5.11 Å². The van der Waals surface area contributed by atoms with Crippen LogP contribution in [0, 0.1) is 12.7 Å². The Hall–Kier alpha value is -2.35.